The Morgan fingerprint density at radius 1 is 1.24 bits per heavy atom. The normalized spacial score (nSPS) is 14.8. The van der Waals surface area contributed by atoms with Crippen LogP contribution in [0.3, 0.4) is 0 Å². The number of hydrogen-bond acceptors (Lipinski definition) is 3. The van der Waals surface area contributed by atoms with Crippen LogP contribution in [0.4, 0.5) is 5.69 Å². The zero-order valence-corrected chi connectivity index (χ0v) is 12.5. The Morgan fingerprint density at radius 2 is 1.95 bits per heavy atom. The molecule has 1 heterocycles. The van der Waals surface area contributed by atoms with Gasteiger partial charge < -0.3 is 16.0 Å². The third kappa shape index (κ3) is 4.21. The highest BCUT2D eigenvalue weighted by Gasteiger charge is 2.16. The number of anilines is 1. The molecule has 2 rings (SSSR count). The molecular weight excluding hydrogens is 266 g/mol. The summed E-state index contributed by atoms with van der Waals surface area (Å²) in [5.41, 5.74) is 7.72. The summed E-state index contributed by atoms with van der Waals surface area (Å²) in [4.78, 5) is 25.9. The number of amides is 2. The molecule has 0 aromatic heterocycles. The summed E-state index contributed by atoms with van der Waals surface area (Å²) in [7, 11) is 0. The first-order valence-electron chi connectivity index (χ1n) is 7.50. The van der Waals surface area contributed by atoms with E-state index < -0.39 is 0 Å². The minimum Gasteiger partial charge on any atom is -0.398 e. The summed E-state index contributed by atoms with van der Waals surface area (Å²) in [6, 6.07) is 5.35. The van der Waals surface area contributed by atoms with Gasteiger partial charge in [0.15, 0.2) is 0 Å². The molecule has 0 atom stereocenters. The first-order chi connectivity index (χ1) is 10.1. The van der Waals surface area contributed by atoms with Crippen molar-refractivity contribution < 1.29 is 9.59 Å². The quantitative estimate of drug-likeness (QED) is 0.829. The van der Waals surface area contributed by atoms with Crippen molar-refractivity contribution in [3.05, 3.63) is 29.3 Å². The molecule has 0 saturated carbocycles. The van der Waals surface area contributed by atoms with Crippen molar-refractivity contribution in [1.29, 1.82) is 0 Å². The second-order valence-electron chi connectivity index (χ2n) is 5.54. The number of carbonyl (C=O) groups excluding carboxylic acids is 2. The van der Waals surface area contributed by atoms with Gasteiger partial charge in [-0.1, -0.05) is 11.6 Å². The van der Waals surface area contributed by atoms with E-state index in [9.17, 15) is 9.59 Å². The average molecular weight is 289 g/mol. The number of likely N-dealkylation sites (tertiary alicyclic amines) is 1. The van der Waals surface area contributed by atoms with Crippen LogP contribution < -0.4 is 11.1 Å². The van der Waals surface area contributed by atoms with Gasteiger partial charge in [-0.3, -0.25) is 9.59 Å². The van der Waals surface area contributed by atoms with E-state index >= 15 is 0 Å². The molecular formula is C16H23N3O2. The lowest BCUT2D eigenvalue weighted by molar-refractivity contribution is -0.131. The maximum Gasteiger partial charge on any atom is 0.253 e. The smallest absolute Gasteiger partial charge is 0.253 e. The van der Waals surface area contributed by atoms with E-state index in [0.29, 0.717) is 24.2 Å². The third-order valence-electron chi connectivity index (χ3n) is 3.79. The number of aryl methyl sites for hydroxylation is 1. The lowest BCUT2D eigenvalue weighted by atomic mass is 10.1. The fourth-order valence-electron chi connectivity index (χ4n) is 2.55. The van der Waals surface area contributed by atoms with Crippen molar-refractivity contribution in [3.8, 4) is 0 Å². The molecule has 1 aromatic carbocycles. The molecule has 1 fully saturated rings. The Morgan fingerprint density at radius 3 is 2.67 bits per heavy atom. The summed E-state index contributed by atoms with van der Waals surface area (Å²) >= 11 is 0. The van der Waals surface area contributed by atoms with Crippen molar-refractivity contribution in [2.75, 3.05) is 25.4 Å². The fraction of sp³-hybridized carbons (Fsp3) is 0.500. The Bertz CT molecular complexity index is 522. The lowest BCUT2D eigenvalue weighted by Crippen LogP contribution is -2.37. The minimum absolute atomic E-state index is 0.118. The molecule has 1 aliphatic rings. The number of hydrogen-bond donors (Lipinski definition) is 2. The highest BCUT2D eigenvalue weighted by Crippen LogP contribution is 2.13. The van der Waals surface area contributed by atoms with Gasteiger partial charge in [0, 0.05) is 31.7 Å². The predicted molar refractivity (Wildman–Crippen MR) is 83.0 cm³/mol. The second-order valence-corrected chi connectivity index (χ2v) is 5.54. The molecule has 0 unspecified atom stereocenters. The standard InChI is InChI=1S/C16H23N3O2/c1-12-5-6-14(17)13(11-12)16(21)18-8-7-15(20)19-9-3-2-4-10-19/h5-6,11H,2-4,7-10,17H2,1H3,(H,18,21). The van der Waals surface area contributed by atoms with Gasteiger partial charge in [0.2, 0.25) is 5.91 Å². The summed E-state index contributed by atoms with van der Waals surface area (Å²) in [5.74, 6) is -0.102. The molecule has 2 amide bonds. The molecule has 0 bridgehead atoms. The van der Waals surface area contributed by atoms with Crippen LogP contribution in [0.2, 0.25) is 0 Å². The van der Waals surface area contributed by atoms with Crippen molar-refractivity contribution in [2.24, 2.45) is 0 Å². The Balaban J connectivity index is 1.81. The van der Waals surface area contributed by atoms with Crippen LogP contribution in [0.1, 0.15) is 41.6 Å². The zero-order chi connectivity index (χ0) is 15.2. The van der Waals surface area contributed by atoms with Crippen LogP contribution in [-0.2, 0) is 4.79 Å². The highest BCUT2D eigenvalue weighted by molar-refractivity contribution is 5.99. The fourth-order valence-corrected chi connectivity index (χ4v) is 2.55. The van der Waals surface area contributed by atoms with E-state index in [1.165, 1.54) is 6.42 Å². The molecule has 114 valence electrons. The molecule has 0 radical (unpaired) electrons. The second kappa shape index (κ2) is 7.11. The predicted octanol–water partition coefficient (Wildman–Crippen LogP) is 1.71. The number of rotatable bonds is 4. The van der Waals surface area contributed by atoms with Gasteiger partial charge in [-0.2, -0.15) is 0 Å². The first-order valence-corrected chi connectivity index (χ1v) is 7.50. The molecule has 1 saturated heterocycles. The zero-order valence-electron chi connectivity index (χ0n) is 12.5. The number of nitrogens with two attached hydrogens (primary N) is 1. The van der Waals surface area contributed by atoms with Gasteiger partial charge in [0.05, 0.1) is 5.56 Å². The van der Waals surface area contributed by atoms with Crippen LogP contribution >= 0.6 is 0 Å². The van der Waals surface area contributed by atoms with Crippen LogP contribution in [0.25, 0.3) is 0 Å². The van der Waals surface area contributed by atoms with Gasteiger partial charge in [-0.05, 0) is 38.3 Å². The molecule has 0 aliphatic carbocycles. The van der Waals surface area contributed by atoms with Crippen molar-refractivity contribution in [2.45, 2.75) is 32.6 Å². The van der Waals surface area contributed by atoms with E-state index in [2.05, 4.69) is 5.32 Å². The summed E-state index contributed by atoms with van der Waals surface area (Å²) in [6.45, 7) is 3.95. The molecule has 1 aromatic rings. The van der Waals surface area contributed by atoms with E-state index in [0.717, 1.165) is 31.5 Å². The van der Waals surface area contributed by atoms with Gasteiger partial charge in [-0.25, -0.2) is 0 Å². The summed E-state index contributed by atoms with van der Waals surface area (Å²) < 4.78 is 0. The van der Waals surface area contributed by atoms with Crippen molar-refractivity contribution in [1.82, 2.24) is 10.2 Å². The Hall–Kier alpha value is -2.04. The molecule has 3 N–H and O–H groups in total. The minimum atomic E-state index is -0.220. The van der Waals surface area contributed by atoms with E-state index in [4.69, 9.17) is 5.73 Å². The Kier molecular flexibility index (Phi) is 5.20. The first kappa shape index (κ1) is 15.4. The van der Waals surface area contributed by atoms with Gasteiger partial charge in [0.1, 0.15) is 0 Å². The molecule has 21 heavy (non-hydrogen) atoms. The van der Waals surface area contributed by atoms with Crippen LogP contribution in [0, 0.1) is 6.92 Å². The molecule has 5 heteroatoms. The van der Waals surface area contributed by atoms with Gasteiger partial charge in [0.25, 0.3) is 5.91 Å². The Labute approximate surface area is 125 Å². The summed E-state index contributed by atoms with van der Waals surface area (Å²) in [6.07, 6.45) is 3.71. The van der Waals surface area contributed by atoms with Crippen molar-refractivity contribution >= 4 is 17.5 Å². The number of nitrogen functional groups attached to an aromatic ring is 1. The maximum absolute atomic E-state index is 12.1. The highest BCUT2D eigenvalue weighted by atomic mass is 16.2. The van der Waals surface area contributed by atoms with Gasteiger partial charge in [-0.15, -0.1) is 0 Å². The average Bonchev–Trinajstić information content (AvgIpc) is 2.50. The van der Waals surface area contributed by atoms with Crippen molar-refractivity contribution in [3.63, 3.8) is 0 Å². The topological polar surface area (TPSA) is 75.4 Å². The van der Waals surface area contributed by atoms with Crippen LogP contribution in [-0.4, -0.2) is 36.3 Å². The number of nitrogens with zero attached hydrogens (tertiary/aromatic N) is 1. The number of piperidine rings is 1. The van der Waals surface area contributed by atoms with Crippen LogP contribution in [0.5, 0.6) is 0 Å². The lowest BCUT2D eigenvalue weighted by Gasteiger charge is -2.26. The SMILES string of the molecule is Cc1ccc(N)c(C(=O)NCCC(=O)N2CCCCC2)c1. The van der Waals surface area contributed by atoms with Crippen LogP contribution in [0.15, 0.2) is 18.2 Å². The number of carbonyl (C=O) groups is 2. The third-order valence-corrected chi connectivity index (χ3v) is 3.79. The monoisotopic (exact) mass is 289 g/mol. The number of nitrogens with one attached hydrogen (secondary N) is 1. The maximum atomic E-state index is 12.1. The molecule has 0 spiro atoms. The number of benzene rings is 1. The van der Waals surface area contributed by atoms with E-state index in [1.807, 2.05) is 17.9 Å². The molecule has 5 nitrogen and oxygen atoms in total. The largest absolute Gasteiger partial charge is 0.398 e. The van der Waals surface area contributed by atoms with E-state index in [1.54, 1.807) is 12.1 Å². The van der Waals surface area contributed by atoms with Gasteiger partial charge >= 0.3 is 0 Å². The molecule has 1 aliphatic heterocycles. The van der Waals surface area contributed by atoms with E-state index in [-0.39, 0.29) is 11.8 Å². The summed E-state index contributed by atoms with van der Waals surface area (Å²) in [5, 5.41) is 2.77.